The Morgan fingerprint density at radius 3 is 2.62 bits per heavy atom. The lowest BCUT2D eigenvalue weighted by Gasteiger charge is -2.24. The van der Waals surface area contributed by atoms with Crippen LogP contribution >= 0.6 is 15.9 Å². The van der Waals surface area contributed by atoms with Crippen molar-refractivity contribution < 1.29 is 14.3 Å². The van der Waals surface area contributed by atoms with Crippen molar-refractivity contribution in [3.05, 3.63) is 93.0 Å². The minimum Gasteiger partial charge on any atom is -0.492 e. The van der Waals surface area contributed by atoms with Crippen LogP contribution in [0.25, 0.3) is 0 Å². The highest BCUT2D eigenvalue weighted by molar-refractivity contribution is 9.10. The quantitative estimate of drug-likeness (QED) is 0.509. The first-order valence-electron chi connectivity index (χ1n) is 9.28. The van der Waals surface area contributed by atoms with E-state index in [2.05, 4.69) is 22.0 Å². The number of rotatable bonds is 4. The molecule has 0 N–H and O–H groups in total. The van der Waals surface area contributed by atoms with Crippen LogP contribution in [0.2, 0.25) is 0 Å². The number of benzene rings is 3. The van der Waals surface area contributed by atoms with E-state index >= 15 is 0 Å². The first-order valence-corrected chi connectivity index (χ1v) is 10.1. The minimum atomic E-state index is -0.378. The van der Waals surface area contributed by atoms with Gasteiger partial charge in [0.15, 0.2) is 5.78 Å². The fourth-order valence-corrected chi connectivity index (χ4v) is 3.86. The van der Waals surface area contributed by atoms with E-state index in [0.717, 1.165) is 21.2 Å². The molecular formula is C24H18BrNO3. The van der Waals surface area contributed by atoms with E-state index in [-0.39, 0.29) is 11.9 Å². The van der Waals surface area contributed by atoms with Gasteiger partial charge >= 0.3 is 0 Å². The highest BCUT2D eigenvalue weighted by Crippen LogP contribution is 2.38. The van der Waals surface area contributed by atoms with Crippen LogP contribution in [0.4, 0.5) is 0 Å². The topological polar surface area (TPSA) is 59.3 Å². The molecule has 0 aliphatic carbocycles. The largest absolute Gasteiger partial charge is 0.492 e. The summed E-state index contributed by atoms with van der Waals surface area (Å²) in [4.78, 5) is 12.2. The lowest BCUT2D eigenvalue weighted by Crippen LogP contribution is -2.17. The van der Waals surface area contributed by atoms with Gasteiger partial charge in [0.25, 0.3) is 0 Å². The van der Waals surface area contributed by atoms with Crippen molar-refractivity contribution in [3.8, 4) is 17.6 Å². The van der Waals surface area contributed by atoms with Gasteiger partial charge in [-0.1, -0.05) is 40.2 Å². The Kier molecular flexibility index (Phi) is 5.37. The molecule has 0 bridgehead atoms. The smallest absolute Gasteiger partial charge is 0.170 e. The average molecular weight is 448 g/mol. The van der Waals surface area contributed by atoms with Crippen molar-refractivity contribution in [1.29, 1.82) is 5.26 Å². The van der Waals surface area contributed by atoms with E-state index < -0.39 is 0 Å². The van der Waals surface area contributed by atoms with Crippen LogP contribution in [0.5, 0.6) is 11.5 Å². The molecule has 3 aromatic rings. The lowest BCUT2D eigenvalue weighted by molar-refractivity contribution is 0.0932. The first-order chi connectivity index (χ1) is 14.1. The van der Waals surface area contributed by atoms with E-state index in [9.17, 15) is 4.79 Å². The summed E-state index contributed by atoms with van der Waals surface area (Å²) in [7, 11) is 0. The summed E-state index contributed by atoms with van der Waals surface area (Å²) in [5.74, 6) is 1.36. The van der Waals surface area contributed by atoms with Crippen LogP contribution < -0.4 is 9.47 Å². The van der Waals surface area contributed by atoms with Gasteiger partial charge in [-0.25, -0.2) is 0 Å². The summed E-state index contributed by atoms with van der Waals surface area (Å²) in [6.45, 7) is 2.30. The number of halogens is 1. The first kappa shape index (κ1) is 19.2. The number of carbonyl (C=O) groups excluding carboxylic acids is 1. The molecule has 0 saturated heterocycles. The SMILES string of the molecule is Cc1c(OC(c2ccc(C#N)cc2)c2cccc(Br)c2)ccc2c1OCCC2=O. The number of nitrogens with zero attached hydrogens (tertiary/aromatic N) is 1. The summed E-state index contributed by atoms with van der Waals surface area (Å²) in [6.07, 6.45) is 0.0229. The average Bonchev–Trinajstić information content (AvgIpc) is 2.74. The molecule has 0 radical (unpaired) electrons. The van der Waals surface area contributed by atoms with Crippen LogP contribution in [-0.4, -0.2) is 12.4 Å². The van der Waals surface area contributed by atoms with Gasteiger partial charge in [0, 0.05) is 16.5 Å². The number of nitriles is 1. The number of hydrogen-bond acceptors (Lipinski definition) is 4. The van der Waals surface area contributed by atoms with Gasteiger partial charge < -0.3 is 9.47 Å². The van der Waals surface area contributed by atoms with E-state index in [1.807, 2.05) is 49.4 Å². The highest BCUT2D eigenvalue weighted by Gasteiger charge is 2.24. The Morgan fingerprint density at radius 1 is 1.10 bits per heavy atom. The maximum Gasteiger partial charge on any atom is 0.170 e. The Balaban J connectivity index is 1.76. The Hall–Kier alpha value is -3.10. The van der Waals surface area contributed by atoms with E-state index in [1.54, 1.807) is 18.2 Å². The fraction of sp³-hybridized carbons (Fsp3) is 0.167. The monoisotopic (exact) mass is 447 g/mol. The van der Waals surface area contributed by atoms with Crippen molar-refractivity contribution in [2.24, 2.45) is 0 Å². The van der Waals surface area contributed by atoms with Gasteiger partial charge in [0.1, 0.15) is 17.6 Å². The van der Waals surface area contributed by atoms with Crippen LogP contribution in [0.15, 0.2) is 65.1 Å². The van der Waals surface area contributed by atoms with E-state index in [4.69, 9.17) is 14.7 Å². The molecule has 1 unspecified atom stereocenters. The van der Waals surface area contributed by atoms with Crippen molar-refractivity contribution in [2.75, 3.05) is 6.61 Å². The van der Waals surface area contributed by atoms with Gasteiger partial charge in [-0.2, -0.15) is 5.26 Å². The van der Waals surface area contributed by atoms with Crippen LogP contribution in [0.3, 0.4) is 0 Å². The molecule has 144 valence electrons. The Bertz CT molecular complexity index is 1120. The van der Waals surface area contributed by atoms with Gasteiger partial charge in [-0.05, 0) is 54.4 Å². The normalized spacial score (nSPS) is 13.8. The molecule has 4 rings (SSSR count). The molecule has 0 amide bonds. The third-order valence-electron chi connectivity index (χ3n) is 4.97. The number of hydrogen-bond donors (Lipinski definition) is 0. The molecule has 0 spiro atoms. The minimum absolute atomic E-state index is 0.0940. The van der Waals surface area contributed by atoms with Gasteiger partial charge in [-0.3, -0.25) is 4.79 Å². The second-order valence-electron chi connectivity index (χ2n) is 6.87. The molecule has 1 aliphatic heterocycles. The van der Waals surface area contributed by atoms with E-state index in [1.165, 1.54) is 0 Å². The molecule has 0 aromatic heterocycles. The summed E-state index contributed by atoms with van der Waals surface area (Å²) in [5.41, 5.74) is 3.91. The molecule has 1 heterocycles. The maximum atomic E-state index is 12.2. The van der Waals surface area contributed by atoms with Gasteiger partial charge in [-0.15, -0.1) is 0 Å². The predicted octanol–water partition coefficient (Wildman–Crippen LogP) is 5.76. The predicted molar refractivity (Wildman–Crippen MR) is 113 cm³/mol. The summed E-state index contributed by atoms with van der Waals surface area (Å²) in [6, 6.07) is 21.0. The van der Waals surface area contributed by atoms with Crippen molar-refractivity contribution in [3.63, 3.8) is 0 Å². The molecule has 0 fully saturated rings. The standard InChI is InChI=1S/C24H18BrNO3/c1-15-22(10-9-20-21(27)11-12-28-23(15)20)29-24(18-3-2-4-19(25)13-18)17-7-5-16(14-26)6-8-17/h2-10,13,24H,11-12H2,1H3. The van der Waals surface area contributed by atoms with Crippen molar-refractivity contribution in [2.45, 2.75) is 19.4 Å². The zero-order valence-corrected chi connectivity index (χ0v) is 17.4. The molecule has 3 aromatic carbocycles. The van der Waals surface area contributed by atoms with Crippen LogP contribution in [0, 0.1) is 18.3 Å². The molecule has 1 atom stereocenters. The third-order valence-corrected chi connectivity index (χ3v) is 5.46. The van der Waals surface area contributed by atoms with Crippen LogP contribution in [0.1, 0.15) is 45.1 Å². The van der Waals surface area contributed by atoms with E-state index in [0.29, 0.717) is 35.7 Å². The zero-order valence-electron chi connectivity index (χ0n) is 15.8. The second kappa shape index (κ2) is 8.10. The van der Waals surface area contributed by atoms with Crippen molar-refractivity contribution in [1.82, 2.24) is 0 Å². The zero-order chi connectivity index (χ0) is 20.4. The van der Waals surface area contributed by atoms with Gasteiger partial charge in [0.2, 0.25) is 0 Å². The molecular weight excluding hydrogens is 430 g/mol. The number of Topliss-reactive ketones (excluding diaryl/α,β-unsaturated/α-hetero) is 1. The fourth-order valence-electron chi connectivity index (χ4n) is 3.44. The summed E-state index contributed by atoms with van der Waals surface area (Å²) < 4.78 is 13.2. The second-order valence-corrected chi connectivity index (χ2v) is 7.79. The summed E-state index contributed by atoms with van der Waals surface area (Å²) >= 11 is 3.53. The molecule has 29 heavy (non-hydrogen) atoms. The van der Waals surface area contributed by atoms with Gasteiger partial charge in [0.05, 0.1) is 23.8 Å². The molecule has 5 heteroatoms. The maximum absolute atomic E-state index is 12.2. The third kappa shape index (κ3) is 3.90. The number of carbonyl (C=O) groups is 1. The van der Waals surface area contributed by atoms with Crippen LogP contribution in [-0.2, 0) is 0 Å². The number of fused-ring (bicyclic) bond motifs is 1. The van der Waals surface area contributed by atoms with Crippen molar-refractivity contribution >= 4 is 21.7 Å². The number of ketones is 1. The Morgan fingerprint density at radius 2 is 1.90 bits per heavy atom. The molecule has 1 aliphatic rings. The molecule has 0 saturated carbocycles. The highest BCUT2D eigenvalue weighted by atomic mass is 79.9. The molecule has 4 nitrogen and oxygen atoms in total. The number of ether oxygens (including phenoxy) is 2. The Labute approximate surface area is 177 Å². The summed E-state index contributed by atoms with van der Waals surface area (Å²) in [5, 5.41) is 9.10. The lowest BCUT2D eigenvalue weighted by atomic mass is 9.99.